The molecule has 1 atom stereocenters. The Morgan fingerprint density at radius 1 is 1.35 bits per heavy atom. The van der Waals surface area contributed by atoms with Crippen LogP contribution in [0.5, 0.6) is 0 Å². The van der Waals surface area contributed by atoms with Gasteiger partial charge in [-0.15, -0.1) is 0 Å². The first kappa shape index (κ1) is 13.6. The third-order valence-corrected chi connectivity index (χ3v) is 2.82. The summed E-state index contributed by atoms with van der Waals surface area (Å²) in [6, 6.07) is 6.63. The Morgan fingerprint density at radius 3 is 2.47 bits per heavy atom. The van der Waals surface area contributed by atoms with Crippen LogP contribution in [0.2, 0.25) is 0 Å². The fourth-order valence-corrected chi connectivity index (χ4v) is 1.77. The minimum absolute atomic E-state index is 0.304. The van der Waals surface area contributed by atoms with E-state index in [1.807, 2.05) is 0 Å². The zero-order valence-corrected chi connectivity index (χ0v) is 10.7. The van der Waals surface area contributed by atoms with Gasteiger partial charge in [-0.1, -0.05) is 28.1 Å². The number of hydrogen-bond acceptors (Lipinski definition) is 3. The molecule has 90 valence electrons. The number of carbonyl (C=O) groups is 3. The highest BCUT2D eigenvalue weighted by Crippen LogP contribution is 2.16. The molecule has 1 aromatic rings. The molecular formula is C12H11BrO4. The fourth-order valence-electron chi connectivity index (χ4n) is 1.37. The molecule has 1 N–H and O–H groups in total. The molecule has 5 heteroatoms. The predicted octanol–water partition coefficient (Wildman–Crippen LogP) is 2.31. The number of carbonyl (C=O) groups excluding carboxylic acids is 2. The van der Waals surface area contributed by atoms with Gasteiger partial charge < -0.3 is 5.11 Å². The quantitative estimate of drug-likeness (QED) is 0.669. The highest BCUT2D eigenvalue weighted by atomic mass is 79.9. The van der Waals surface area contributed by atoms with Crippen LogP contribution in [0.1, 0.15) is 23.7 Å². The van der Waals surface area contributed by atoms with Crippen LogP contribution in [0.25, 0.3) is 0 Å². The van der Waals surface area contributed by atoms with Crippen LogP contribution in [-0.2, 0) is 9.59 Å². The minimum Gasteiger partial charge on any atom is -0.481 e. The molecule has 0 amide bonds. The van der Waals surface area contributed by atoms with Crippen molar-refractivity contribution in [3.8, 4) is 0 Å². The number of Topliss-reactive ketones (excluding diaryl/α,β-unsaturated/α-hetero) is 2. The summed E-state index contributed by atoms with van der Waals surface area (Å²) in [4.78, 5) is 33.6. The fraction of sp³-hybridized carbons (Fsp3) is 0.250. The van der Waals surface area contributed by atoms with Crippen molar-refractivity contribution in [2.45, 2.75) is 13.3 Å². The Hall–Kier alpha value is -1.49. The average molecular weight is 299 g/mol. The van der Waals surface area contributed by atoms with Gasteiger partial charge in [0.1, 0.15) is 11.7 Å². The van der Waals surface area contributed by atoms with E-state index in [4.69, 9.17) is 5.11 Å². The molecule has 0 saturated carbocycles. The standard InChI is InChI=1S/C12H11BrO4/c1-7(14)10(12(16)17)6-11(15)8-3-2-4-9(13)5-8/h2-5,10H,6H2,1H3,(H,16,17). The Labute approximate surface area is 107 Å². The van der Waals surface area contributed by atoms with Crippen molar-refractivity contribution in [3.05, 3.63) is 34.3 Å². The number of benzene rings is 1. The number of ketones is 2. The van der Waals surface area contributed by atoms with Crippen LogP contribution >= 0.6 is 15.9 Å². The summed E-state index contributed by atoms with van der Waals surface area (Å²) in [5, 5.41) is 8.81. The summed E-state index contributed by atoms with van der Waals surface area (Å²) in [6.45, 7) is 1.17. The van der Waals surface area contributed by atoms with Gasteiger partial charge in [-0.05, 0) is 19.1 Å². The molecule has 0 aliphatic heterocycles. The summed E-state index contributed by atoms with van der Waals surface area (Å²) in [7, 11) is 0. The Balaban J connectivity index is 2.85. The van der Waals surface area contributed by atoms with Crippen LogP contribution in [-0.4, -0.2) is 22.6 Å². The molecule has 1 aromatic carbocycles. The summed E-state index contributed by atoms with van der Waals surface area (Å²) in [6.07, 6.45) is -0.304. The van der Waals surface area contributed by atoms with E-state index in [9.17, 15) is 14.4 Å². The lowest BCUT2D eigenvalue weighted by molar-refractivity contribution is -0.145. The van der Waals surface area contributed by atoms with Gasteiger partial charge in [-0.3, -0.25) is 14.4 Å². The molecule has 0 aliphatic carbocycles. The minimum atomic E-state index is -1.26. The Morgan fingerprint density at radius 2 is 2.00 bits per heavy atom. The monoisotopic (exact) mass is 298 g/mol. The maximum atomic E-state index is 11.8. The van der Waals surface area contributed by atoms with Gasteiger partial charge in [0.25, 0.3) is 0 Å². The lowest BCUT2D eigenvalue weighted by Crippen LogP contribution is -2.24. The number of carboxylic acids is 1. The third-order valence-electron chi connectivity index (χ3n) is 2.32. The molecule has 1 unspecified atom stereocenters. The van der Waals surface area contributed by atoms with Crippen molar-refractivity contribution in [2.24, 2.45) is 5.92 Å². The smallest absolute Gasteiger partial charge is 0.314 e. The molecule has 17 heavy (non-hydrogen) atoms. The molecule has 0 spiro atoms. The number of hydrogen-bond donors (Lipinski definition) is 1. The zero-order valence-electron chi connectivity index (χ0n) is 9.14. The summed E-state index contributed by atoms with van der Waals surface area (Å²) >= 11 is 3.22. The predicted molar refractivity (Wildman–Crippen MR) is 64.9 cm³/mol. The topological polar surface area (TPSA) is 71.4 Å². The second-order valence-electron chi connectivity index (χ2n) is 3.64. The van der Waals surface area contributed by atoms with Crippen molar-refractivity contribution < 1.29 is 19.5 Å². The second kappa shape index (κ2) is 5.72. The number of aliphatic carboxylic acids is 1. The summed E-state index contributed by atoms with van der Waals surface area (Å²) < 4.78 is 0.734. The lowest BCUT2D eigenvalue weighted by atomic mass is 9.95. The normalized spacial score (nSPS) is 11.9. The number of rotatable bonds is 5. The van der Waals surface area contributed by atoms with Crippen molar-refractivity contribution >= 4 is 33.5 Å². The molecule has 0 bridgehead atoms. The van der Waals surface area contributed by atoms with E-state index < -0.39 is 17.7 Å². The van der Waals surface area contributed by atoms with Crippen LogP contribution in [0, 0.1) is 5.92 Å². The highest BCUT2D eigenvalue weighted by molar-refractivity contribution is 9.10. The second-order valence-corrected chi connectivity index (χ2v) is 4.55. The maximum Gasteiger partial charge on any atom is 0.314 e. The van der Waals surface area contributed by atoms with Gasteiger partial charge in [0.2, 0.25) is 0 Å². The largest absolute Gasteiger partial charge is 0.481 e. The maximum absolute atomic E-state index is 11.8. The van der Waals surface area contributed by atoms with Crippen LogP contribution in [0.3, 0.4) is 0 Å². The zero-order chi connectivity index (χ0) is 13.0. The summed E-state index contributed by atoms with van der Waals surface area (Å²) in [5.41, 5.74) is 0.395. The first-order valence-corrected chi connectivity index (χ1v) is 5.73. The van der Waals surface area contributed by atoms with Crippen LogP contribution < -0.4 is 0 Å². The highest BCUT2D eigenvalue weighted by Gasteiger charge is 2.26. The third kappa shape index (κ3) is 3.78. The molecule has 4 nitrogen and oxygen atoms in total. The average Bonchev–Trinajstić information content (AvgIpc) is 2.24. The molecule has 1 rings (SSSR count). The van der Waals surface area contributed by atoms with Gasteiger partial charge in [-0.2, -0.15) is 0 Å². The van der Waals surface area contributed by atoms with E-state index in [0.717, 1.165) is 4.47 Å². The van der Waals surface area contributed by atoms with Crippen molar-refractivity contribution in [1.29, 1.82) is 0 Å². The first-order valence-electron chi connectivity index (χ1n) is 4.94. The van der Waals surface area contributed by atoms with E-state index >= 15 is 0 Å². The molecule has 0 fully saturated rings. The lowest BCUT2D eigenvalue weighted by Gasteiger charge is -2.07. The van der Waals surface area contributed by atoms with E-state index in [1.54, 1.807) is 24.3 Å². The summed E-state index contributed by atoms with van der Waals surface area (Å²) in [5.74, 6) is -3.39. The van der Waals surface area contributed by atoms with Crippen LogP contribution in [0.4, 0.5) is 0 Å². The SMILES string of the molecule is CC(=O)C(CC(=O)c1cccc(Br)c1)C(=O)O. The number of halogens is 1. The molecule has 0 aromatic heterocycles. The molecule has 0 aliphatic rings. The van der Waals surface area contributed by atoms with Gasteiger partial charge in [0.05, 0.1) is 0 Å². The number of carboxylic acid groups (broad SMARTS) is 1. The Kier molecular flexibility index (Phi) is 4.57. The molecule has 0 saturated heterocycles. The van der Waals surface area contributed by atoms with Crippen molar-refractivity contribution in [1.82, 2.24) is 0 Å². The van der Waals surface area contributed by atoms with E-state index in [0.29, 0.717) is 5.56 Å². The Bertz CT molecular complexity index is 453. The molecule has 0 heterocycles. The van der Waals surface area contributed by atoms with Crippen molar-refractivity contribution in [3.63, 3.8) is 0 Å². The van der Waals surface area contributed by atoms with Crippen LogP contribution in [0.15, 0.2) is 28.7 Å². The van der Waals surface area contributed by atoms with E-state index in [-0.39, 0.29) is 12.2 Å². The van der Waals surface area contributed by atoms with Gasteiger partial charge in [0.15, 0.2) is 5.78 Å². The van der Waals surface area contributed by atoms with Gasteiger partial charge in [0, 0.05) is 16.5 Å². The van der Waals surface area contributed by atoms with Crippen molar-refractivity contribution in [2.75, 3.05) is 0 Å². The molecular weight excluding hydrogens is 288 g/mol. The first-order chi connectivity index (χ1) is 7.91. The molecule has 0 radical (unpaired) electrons. The van der Waals surface area contributed by atoms with E-state index in [2.05, 4.69) is 15.9 Å². The van der Waals surface area contributed by atoms with Gasteiger partial charge in [-0.25, -0.2) is 0 Å². The van der Waals surface area contributed by atoms with E-state index in [1.165, 1.54) is 6.92 Å². The van der Waals surface area contributed by atoms with Gasteiger partial charge >= 0.3 is 5.97 Å².